The van der Waals surface area contributed by atoms with Crippen molar-refractivity contribution in [2.75, 3.05) is 0 Å². The predicted molar refractivity (Wildman–Crippen MR) is 236 cm³/mol. The van der Waals surface area contributed by atoms with Gasteiger partial charge in [-0.1, -0.05) is 127 Å². The maximum Gasteiger partial charge on any atom is 0.164 e. The second kappa shape index (κ2) is 12.6. The van der Waals surface area contributed by atoms with Crippen LogP contribution in [0.15, 0.2) is 186 Å². The van der Waals surface area contributed by atoms with Gasteiger partial charge in [0.2, 0.25) is 0 Å². The second-order valence-corrected chi connectivity index (χ2v) is 15.5. The van der Waals surface area contributed by atoms with Crippen LogP contribution in [0.4, 0.5) is 0 Å². The fraction of sp³-hybridized carbons (Fsp3) is 0. The number of rotatable bonds is 5. The Morgan fingerprint density at radius 3 is 1.74 bits per heavy atom. The molecule has 0 saturated heterocycles. The quantitative estimate of drug-likeness (QED) is 0.176. The van der Waals surface area contributed by atoms with Crippen molar-refractivity contribution in [2.24, 2.45) is 0 Å². The third kappa shape index (κ3) is 5.19. The average molecular weight is 747 g/mol. The number of thiophene rings is 1. The van der Waals surface area contributed by atoms with Crippen molar-refractivity contribution in [1.82, 2.24) is 19.5 Å². The molecule has 12 rings (SSSR count). The molecule has 0 amide bonds. The molecule has 6 heteroatoms. The van der Waals surface area contributed by atoms with E-state index >= 15 is 0 Å². The molecular formula is C51H30N4OS. The normalized spacial score (nSPS) is 11.9. The van der Waals surface area contributed by atoms with Gasteiger partial charge in [-0.3, -0.25) is 0 Å². The Kier molecular flexibility index (Phi) is 7.03. The van der Waals surface area contributed by atoms with E-state index in [1.54, 1.807) is 11.3 Å². The molecule has 0 N–H and O–H groups in total. The number of fused-ring (bicyclic) bond motifs is 9. The monoisotopic (exact) mass is 746 g/mol. The number of benzene rings is 8. The molecule has 0 fully saturated rings. The Morgan fingerprint density at radius 2 is 0.982 bits per heavy atom. The van der Waals surface area contributed by atoms with Crippen LogP contribution in [0.25, 0.3) is 115 Å². The highest BCUT2D eigenvalue weighted by Crippen LogP contribution is 2.41. The van der Waals surface area contributed by atoms with Crippen LogP contribution in [0.3, 0.4) is 0 Å². The first kappa shape index (κ1) is 31.9. The molecule has 0 radical (unpaired) electrons. The molecule has 0 bridgehead atoms. The fourth-order valence-corrected chi connectivity index (χ4v) is 9.43. The van der Waals surface area contributed by atoms with Gasteiger partial charge in [0.1, 0.15) is 11.2 Å². The first-order valence-corrected chi connectivity index (χ1v) is 19.8. The van der Waals surface area contributed by atoms with Crippen molar-refractivity contribution in [3.05, 3.63) is 182 Å². The van der Waals surface area contributed by atoms with Gasteiger partial charge >= 0.3 is 0 Å². The number of para-hydroxylation sites is 2. The smallest absolute Gasteiger partial charge is 0.164 e. The predicted octanol–water partition coefficient (Wildman–Crippen LogP) is 13.9. The number of furan rings is 1. The lowest BCUT2D eigenvalue weighted by molar-refractivity contribution is 0.669. The molecule has 0 aliphatic carbocycles. The molecule has 0 aliphatic heterocycles. The van der Waals surface area contributed by atoms with E-state index in [1.807, 2.05) is 72.8 Å². The third-order valence-electron chi connectivity index (χ3n) is 11.1. The molecule has 0 atom stereocenters. The zero-order valence-corrected chi connectivity index (χ0v) is 31.2. The van der Waals surface area contributed by atoms with E-state index in [0.717, 1.165) is 44.3 Å². The van der Waals surface area contributed by atoms with Gasteiger partial charge in [0.15, 0.2) is 17.5 Å². The van der Waals surface area contributed by atoms with Gasteiger partial charge in [-0.05, 0) is 65.7 Å². The summed E-state index contributed by atoms with van der Waals surface area (Å²) in [5.74, 6) is 1.98. The van der Waals surface area contributed by atoms with E-state index in [4.69, 9.17) is 19.4 Å². The summed E-state index contributed by atoms with van der Waals surface area (Å²) >= 11 is 1.80. The lowest BCUT2D eigenvalue weighted by Gasteiger charge is -2.10. The minimum atomic E-state index is 0.661. The summed E-state index contributed by atoms with van der Waals surface area (Å²) in [5, 5.41) is 7.12. The molecule has 8 aromatic carbocycles. The number of aromatic nitrogens is 4. The van der Waals surface area contributed by atoms with E-state index in [0.29, 0.717) is 17.5 Å². The summed E-state index contributed by atoms with van der Waals surface area (Å²) in [7, 11) is 0. The van der Waals surface area contributed by atoms with E-state index in [-0.39, 0.29) is 0 Å². The maximum absolute atomic E-state index is 6.29. The van der Waals surface area contributed by atoms with Crippen LogP contribution in [0.5, 0.6) is 0 Å². The Labute approximate surface area is 330 Å². The maximum atomic E-state index is 6.29. The zero-order chi connectivity index (χ0) is 37.5. The van der Waals surface area contributed by atoms with Gasteiger partial charge in [0, 0.05) is 64.1 Å². The molecular weight excluding hydrogens is 717 g/mol. The summed E-state index contributed by atoms with van der Waals surface area (Å²) < 4.78 is 11.1. The summed E-state index contributed by atoms with van der Waals surface area (Å²) in [4.78, 5) is 14.8. The van der Waals surface area contributed by atoms with Crippen molar-refractivity contribution in [1.29, 1.82) is 0 Å². The molecule has 4 heterocycles. The number of hydrogen-bond acceptors (Lipinski definition) is 5. The van der Waals surface area contributed by atoms with Crippen LogP contribution in [0.1, 0.15) is 0 Å². The van der Waals surface area contributed by atoms with Gasteiger partial charge in [-0.25, -0.2) is 15.0 Å². The lowest BCUT2D eigenvalue weighted by Crippen LogP contribution is -1.99. The molecule has 0 spiro atoms. The Bertz CT molecular complexity index is 3450. The van der Waals surface area contributed by atoms with E-state index in [9.17, 15) is 0 Å². The molecule has 4 aromatic heterocycles. The molecule has 0 unspecified atom stereocenters. The van der Waals surface area contributed by atoms with Crippen molar-refractivity contribution in [2.45, 2.75) is 0 Å². The topological polar surface area (TPSA) is 56.7 Å². The first-order valence-electron chi connectivity index (χ1n) is 19.0. The van der Waals surface area contributed by atoms with Gasteiger partial charge in [0.25, 0.3) is 0 Å². The van der Waals surface area contributed by atoms with Gasteiger partial charge in [0.05, 0.1) is 11.0 Å². The second-order valence-electron chi connectivity index (χ2n) is 14.4. The van der Waals surface area contributed by atoms with Crippen LogP contribution in [-0.4, -0.2) is 19.5 Å². The van der Waals surface area contributed by atoms with Crippen LogP contribution in [0.2, 0.25) is 0 Å². The minimum absolute atomic E-state index is 0.661. The lowest BCUT2D eigenvalue weighted by atomic mass is 10.0. The Hall–Kier alpha value is -7.41. The Morgan fingerprint density at radius 1 is 0.351 bits per heavy atom. The molecule has 266 valence electrons. The van der Waals surface area contributed by atoms with Crippen molar-refractivity contribution < 1.29 is 4.42 Å². The van der Waals surface area contributed by atoms with E-state index < -0.39 is 0 Å². The first-order chi connectivity index (χ1) is 28.2. The average Bonchev–Trinajstić information content (AvgIpc) is 3.94. The third-order valence-corrected chi connectivity index (χ3v) is 12.2. The summed E-state index contributed by atoms with van der Waals surface area (Å²) in [6.07, 6.45) is 0. The molecule has 57 heavy (non-hydrogen) atoms. The van der Waals surface area contributed by atoms with E-state index in [2.05, 4.69) is 114 Å². The summed E-state index contributed by atoms with van der Waals surface area (Å²) in [6.45, 7) is 0. The van der Waals surface area contributed by atoms with E-state index in [1.165, 1.54) is 53.1 Å². The van der Waals surface area contributed by atoms with Gasteiger partial charge in [-0.15, -0.1) is 11.3 Å². The highest BCUT2D eigenvalue weighted by Gasteiger charge is 2.18. The Balaban J connectivity index is 0.927. The standard InChI is InChI=1S/C51H30N4OS/c1-3-11-32(12-4-1)49-52-50(33-13-5-2-6-14-33)54-51(53-49)35-21-25-39-42-27-34(22-26-47(42)57-48(39)28-35)31-19-23-36(24-20-31)55-43-17-9-7-15-37(43)40-30-46-41(29-44(40)55)38-16-8-10-18-45(38)56-46/h1-30H. The van der Waals surface area contributed by atoms with Crippen molar-refractivity contribution in [3.63, 3.8) is 0 Å². The van der Waals surface area contributed by atoms with Crippen LogP contribution >= 0.6 is 11.3 Å². The number of nitrogens with zero attached hydrogens (tertiary/aromatic N) is 4. The van der Waals surface area contributed by atoms with Gasteiger partial charge < -0.3 is 8.98 Å². The van der Waals surface area contributed by atoms with Crippen molar-refractivity contribution >= 4 is 75.3 Å². The van der Waals surface area contributed by atoms with Gasteiger partial charge in [-0.2, -0.15) is 0 Å². The van der Waals surface area contributed by atoms with Crippen LogP contribution in [0, 0.1) is 0 Å². The fourth-order valence-electron chi connectivity index (χ4n) is 8.30. The largest absolute Gasteiger partial charge is 0.456 e. The summed E-state index contributed by atoms with van der Waals surface area (Å²) in [5.41, 5.74) is 10.5. The molecule has 5 nitrogen and oxygen atoms in total. The molecule has 12 aromatic rings. The number of hydrogen-bond donors (Lipinski definition) is 0. The highest BCUT2D eigenvalue weighted by atomic mass is 32.1. The van der Waals surface area contributed by atoms with Crippen LogP contribution in [-0.2, 0) is 0 Å². The molecule has 0 aliphatic rings. The SMILES string of the molecule is c1ccc(-c2nc(-c3ccccc3)nc(-c3ccc4c(c3)sc3ccc(-c5ccc(-n6c7ccccc7c7cc8oc9ccccc9c8cc76)cc5)cc34)n2)cc1. The zero-order valence-electron chi connectivity index (χ0n) is 30.4. The van der Waals surface area contributed by atoms with Crippen molar-refractivity contribution in [3.8, 4) is 51.0 Å². The highest BCUT2D eigenvalue weighted by molar-refractivity contribution is 7.25. The molecule has 0 saturated carbocycles. The minimum Gasteiger partial charge on any atom is -0.456 e. The summed E-state index contributed by atoms with van der Waals surface area (Å²) in [6, 6.07) is 64.0. The van der Waals surface area contributed by atoms with Crippen LogP contribution < -0.4 is 0 Å².